The smallest absolute Gasteiger partial charge is 0.0716 e. The molecule has 0 heterocycles. The minimum Gasteiger partial charge on any atom is -0.300 e. The monoisotopic (exact) mass is 197 g/mol. The summed E-state index contributed by atoms with van der Waals surface area (Å²) in [4.78, 5) is 0. The maximum atomic E-state index is 5.56. The van der Waals surface area contributed by atoms with Crippen LogP contribution in [0.5, 0.6) is 0 Å². The number of alkyl halides is 1. The molecule has 0 saturated carbocycles. The van der Waals surface area contributed by atoms with Crippen molar-refractivity contribution in [2.24, 2.45) is 0 Å². The van der Waals surface area contributed by atoms with Gasteiger partial charge < -0.3 is 0 Å². The van der Waals surface area contributed by atoms with Gasteiger partial charge in [-0.1, -0.05) is 12.1 Å². The van der Waals surface area contributed by atoms with Gasteiger partial charge in [0.15, 0.2) is 0 Å². The molecule has 1 aromatic carbocycles. The molecule has 0 spiro atoms. The molecule has 0 aliphatic carbocycles. The van der Waals surface area contributed by atoms with Crippen LogP contribution in [0.25, 0.3) is 0 Å². The summed E-state index contributed by atoms with van der Waals surface area (Å²) in [5.41, 5.74) is 5.37. The van der Waals surface area contributed by atoms with Gasteiger partial charge in [0.1, 0.15) is 0 Å². The summed E-state index contributed by atoms with van der Waals surface area (Å²) in [6.07, 6.45) is 0. The Morgan fingerprint density at radius 2 is 1.69 bits per heavy atom. The first-order valence-electron chi connectivity index (χ1n) is 4.48. The first-order chi connectivity index (χ1) is 6.15. The number of hydrogen-bond donors (Lipinski definition) is 1. The molecule has 1 rings (SSSR count). The summed E-state index contributed by atoms with van der Waals surface area (Å²) < 4.78 is 0. The predicted molar refractivity (Wildman–Crippen MR) is 58.2 cm³/mol. The van der Waals surface area contributed by atoms with Crippen LogP contribution in [0.2, 0.25) is 0 Å². The molecule has 0 radical (unpaired) electrons. The average molecular weight is 198 g/mol. The van der Waals surface area contributed by atoms with Gasteiger partial charge in [-0.15, -0.1) is 11.6 Å². The third-order valence-electron chi connectivity index (χ3n) is 2.36. The molecule has 0 aliphatic rings. The lowest BCUT2D eigenvalue weighted by Crippen LogP contribution is -2.11. The normalized spacial score (nSPS) is 10.5. The zero-order chi connectivity index (χ0) is 9.84. The maximum Gasteiger partial charge on any atom is 0.0716 e. The fourth-order valence-corrected chi connectivity index (χ4v) is 1.49. The van der Waals surface area contributed by atoms with Gasteiger partial charge in [-0.2, -0.15) is 0 Å². The Morgan fingerprint density at radius 1 is 1.08 bits per heavy atom. The zero-order valence-corrected chi connectivity index (χ0v) is 9.20. The summed E-state index contributed by atoms with van der Waals surface area (Å²) in [6, 6.07) is 4.96. The van der Waals surface area contributed by atoms with Crippen LogP contribution in [0.4, 0.5) is 0 Å². The fourth-order valence-electron chi connectivity index (χ4n) is 1.39. The molecule has 72 valence electrons. The molecule has 1 N–H and O–H groups in total. The quantitative estimate of drug-likeness (QED) is 0.581. The highest BCUT2D eigenvalue weighted by molar-refractivity contribution is 6.17. The lowest BCUT2D eigenvalue weighted by atomic mass is 10.0. The summed E-state index contributed by atoms with van der Waals surface area (Å²) in [5, 5.41) is 3.12. The molecule has 0 atom stereocenters. The summed E-state index contributed by atoms with van der Waals surface area (Å²) in [5.74, 6) is 0. The second-order valence-electron chi connectivity index (χ2n) is 3.42. The van der Waals surface area contributed by atoms with Gasteiger partial charge in [-0.25, -0.2) is 0 Å². The first-order valence-corrected chi connectivity index (χ1v) is 5.02. The van der Waals surface area contributed by atoms with Crippen LogP contribution in [0, 0.1) is 20.8 Å². The van der Waals surface area contributed by atoms with Gasteiger partial charge in [0.25, 0.3) is 0 Å². The molecule has 1 aromatic rings. The van der Waals surface area contributed by atoms with Crippen molar-refractivity contribution in [2.75, 3.05) is 6.00 Å². The first kappa shape index (κ1) is 10.6. The number of nitrogens with one attached hydrogen (secondary N) is 1. The van der Waals surface area contributed by atoms with Crippen LogP contribution in [0.15, 0.2) is 12.1 Å². The molecule has 2 heteroatoms. The van der Waals surface area contributed by atoms with Crippen LogP contribution in [0.3, 0.4) is 0 Å². The molecule has 0 aliphatic heterocycles. The van der Waals surface area contributed by atoms with E-state index in [2.05, 4.69) is 38.2 Å². The van der Waals surface area contributed by atoms with Crippen molar-refractivity contribution < 1.29 is 0 Å². The number of halogens is 1. The van der Waals surface area contributed by atoms with Gasteiger partial charge in [0.2, 0.25) is 0 Å². The van der Waals surface area contributed by atoms with Crippen LogP contribution in [-0.4, -0.2) is 6.00 Å². The molecular weight excluding hydrogens is 182 g/mol. The zero-order valence-electron chi connectivity index (χ0n) is 8.45. The van der Waals surface area contributed by atoms with Gasteiger partial charge in [-0.3, -0.25) is 5.32 Å². The van der Waals surface area contributed by atoms with Gasteiger partial charge in [0, 0.05) is 6.54 Å². The summed E-state index contributed by atoms with van der Waals surface area (Å²) in [7, 11) is 0. The molecule has 0 saturated heterocycles. The summed E-state index contributed by atoms with van der Waals surface area (Å²) in [6.45, 7) is 7.27. The molecule has 0 bridgehead atoms. The van der Waals surface area contributed by atoms with E-state index >= 15 is 0 Å². The van der Waals surface area contributed by atoms with Crippen molar-refractivity contribution in [2.45, 2.75) is 27.3 Å². The Kier molecular flexibility index (Phi) is 3.76. The molecular formula is C11H16ClN. The fraction of sp³-hybridized carbons (Fsp3) is 0.455. The highest BCUT2D eigenvalue weighted by Gasteiger charge is 2.00. The largest absolute Gasteiger partial charge is 0.300 e. The number of rotatable bonds is 3. The molecule has 0 aromatic heterocycles. The Balaban J connectivity index is 2.88. The van der Waals surface area contributed by atoms with Gasteiger partial charge in [-0.05, 0) is 43.0 Å². The highest BCUT2D eigenvalue weighted by Crippen LogP contribution is 2.14. The second kappa shape index (κ2) is 4.64. The Morgan fingerprint density at radius 3 is 2.31 bits per heavy atom. The average Bonchev–Trinajstić information content (AvgIpc) is 2.09. The standard InChI is InChI=1S/C11H16ClN/c1-8-4-10(3)11(5-9(8)2)6-13-7-12/h4-5,13H,6-7H2,1-3H3. The van der Waals surface area contributed by atoms with Crippen molar-refractivity contribution in [3.05, 3.63) is 34.4 Å². The second-order valence-corrected chi connectivity index (χ2v) is 3.69. The SMILES string of the molecule is Cc1cc(C)c(CNCCl)cc1C. The molecule has 0 amide bonds. The van der Waals surface area contributed by atoms with E-state index in [0.29, 0.717) is 6.00 Å². The van der Waals surface area contributed by atoms with E-state index in [-0.39, 0.29) is 0 Å². The molecule has 0 unspecified atom stereocenters. The summed E-state index contributed by atoms with van der Waals surface area (Å²) >= 11 is 5.56. The van der Waals surface area contributed by atoms with Crippen molar-refractivity contribution in [3.8, 4) is 0 Å². The van der Waals surface area contributed by atoms with E-state index in [1.165, 1.54) is 22.3 Å². The van der Waals surface area contributed by atoms with Crippen LogP contribution in [-0.2, 0) is 6.54 Å². The minimum absolute atomic E-state index is 0.506. The Labute approximate surface area is 85.1 Å². The van der Waals surface area contributed by atoms with Crippen LogP contribution >= 0.6 is 11.6 Å². The van der Waals surface area contributed by atoms with Gasteiger partial charge in [0.05, 0.1) is 6.00 Å². The molecule has 1 nitrogen and oxygen atoms in total. The van der Waals surface area contributed by atoms with E-state index in [9.17, 15) is 0 Å². The Bertz CT molecular complexity index is 294. The van der Waals surface area contributed by atoms with Crippen molar-refractivity contribution >= 4 is 11.6 Å². The maximum absolute atomic E-state index is 5.56. The number of benzene rings is 1. The van der Waals surface area contributed by atoms with Crippen molar-refractivity contribution in [1.82, 2.24) is 5.32 Å². The van der Waals surface area contributed by atoms with E-state index in [4.69, 9.17) is 11.6 Å². The van der Waals surface area contributed by atoms with Crippen molar-refractivity contribution in [1.29, 1.82) is 0 Å². The number of aryl methyl sites for hydroxylation is 3. The molecule has 0 fully saturated rings. The number of hydrogen-bond acceptors (Lipinski definition) is 1. The van der Waals surface area contributed by atoms with E-state index < -0.39 is 0 Å². The topological polar surface area (TPSA) is 12.0 Å². The highest BCUT2D eigenvalue weighted by atomic mass is 35.5. The Hall–Kier alpha value is -0.530. The lowest BCUT2D eigenvalue weighted by Gasteiger charge is -2.09. The van der Waals surface area contributed by atoms with E-state index in [1.807, 2.05) is 0 Å². The lowest BCUT2D eigenvalue weighted by molar-refractivity contribution is 0.785. The third kappa shape index (κ3) is 2.71. The minimum atomic E-state index is 0.506. The van der Waals surface area contributed by atoms with E-state index in [1.54, 1.807) is 0 Å². The third-order valence-corrected chi connectivity index (χ3v) is 2.55. The predicted octanol–water partition coefficient (Wildman–Crippen LogP) is 2.90. The molecule has 13 heavy (non-hydrogen) atoms. The van der Waals surface area contributed by atoms with E-state index in [0.717, 1.165) is 6.54 Å². The van der Waals surface area contributed by atoms with Gasteiger partial charge >= 0.3 is 0 Å². The van der Waals surface area contributed by atoms with Crippen LogP contribution in [0.1, 0.15) is 22.3 Å². The van der Waals surface area contributed by atoms with Crippen LogP contribution < -0.4 is 5.32 Å². The van der Waals surface area contributed by atoms with Crippen molar-refractivity contribution in [3.63, 3.8) is 0 Å².